The van der Waals surface area contributed by atoms with Gasteiger partial charge in [-0.1, -0.05) is 18.2 Å². The van der Waals surface area contributed by atoms with Crippen LogP contribution in [0.4, 0.5) is 0 Å². The molecule has 0 radical (unpaired) electrons. The van der Waals surface area contributed by atoms with Gasteiger partial charge >= 0.3 is 5.97 Å². The molecule has 2 heterocycles. The smallest absolute Gasteiger partial charge is 0.343 e. The van der Waals surface area contributed by atoms with Gasteiger partial charge in [-0.05, 0) is 67.4 Å². The van der Waals surface area contributed by atoms with Gasteiger partial charge in [-0.15, -0.1) is 0 Å². The first-order chi connectivity index (χ1) is 16.0. The number of nitrogens with zero attached hydrogens (tertiary/aromatic N) is 3. The van der Waals surface area contributed by atoms with E-state index in [0.717, 1.165) is 29.4 Å². The van der Waals surface area contributed by atoms with Gasteiger partial charge in [0, 0.05) is 18.7 Å². The summed E-state index contributed by atoms with van der Waals surface area (Å²) in [5.41, 5.74) is 3.35. The van der Waals surface area contributed by atoms with E-state index in [1.54, 1.807) is 42.6 Å². The van der Waals surface area contributed by atoms with Crippen molar-refractivity contribution in [3.8, 4) is 17.0 Å². The first-order valence-corrected chi connectivity index (χ1v) is 12.1. The molecule has 4 aromatic rings. The Morgan fingerprint density at radius 2 is 1.61 bits per heavy atom. The topological polar surface area (TPSA) is 89.5 Å². The highest BCUT2D eigenvalue weighted by molar-refractivity contribution is 7.89. The third-order valence-electron chi connectivity index (χ3n) is 5.58. The van der Waals surface area contributed by atoms with Crippen molar-refractivity contribution in [2.45, 2.75) is 17.7 Å². The van der Waals surface area contributed by atoms with Gasteiger partial charge in [0.15, 0.2) is 0 Å². The fourth-order valence-corrected chi connectivity index (χ4v) is 5.38. The molecular formula is C25H21N3O4S. The Balaban J connectivity index is 1.33. The molecule has 0 unspecified atom stereocenters. The summed E-state index contributed by atoms with van der Waals surface area (Å²) in [7, 11) is -3.61. The summed E-state index contributed by atoms with van der Waals surface area (Å²) < 4.78 is 32.5. The number of benzene rings is 3. The van der Waals surface area contributed by atoms with Crippen molar-refractivity contribution in [3.63, 3.8) is 0 Å². The minimum absolute atomic E-state index is 0.101. The molecule has 0 saturated carbocycles. The minimum Gasteiger partial charge on any atom is -0.423 e. The second kappa shape index (κ2) is 8.73. The van der Waals surface area contributed by atoms with Gasteiger partial charge in [0.1, 0.15) is 5.75 Å². The molecule has 1 aliphatic rings. The largest absolute Gasteiger partial charge is 0.423 e. The molecule has 0 spiro atoms. The number of rotatable bonds is 5. The molecule has 1 saturated heterocycles. The third-order valence-corrected chi connectivity index (χ3v) is 7.48. The normalized spacial score (nSPS) is 14.4. The average Bonchev–Trinajstić information content (AvgIpc) is 3.40. The summed E-state index contributed by atoms with van der Waals surface area (Å²) >= 11 is 0. The van der Waals surface area contributed by atoms with E-state index in [4.69, 9.17) is 4.74 Å². The molecule has 7 nitrogen and oxygen atoms in total. The highest BCUT2D eigenvalue weighted by atomic mass is 32.2. The van der Waals surface area contributed by atoms with Crippen LogP contribution in [0.2, 0.25) is 0 Å². The number of aromatic nitrogens is 2. The molecule has 1 aromatic heterocycles. The predicted molar refractivity (Wildman–Crippen MR) is 124 cm³/mol. The molecule has 5 rings (SSSR count). The Bertz CT molecular complexity index is 1430. The van der Waals surface area contributed by atoms with Gasteiger partial charge in [-0.2, -0.15) is 4.31 Å². The van der Waals surface area contributed by atoms with Gasteiger partial charge < -0.3 is 4.74 Å². The number of sulfonamides is 1. The number of carbonyl (C=O) groups excluding carboxylic acids is 1. The fraction of sp³-hybridized carbons (Fsp3) is 0.160. The third kappa shape index (κ3) is 4.35. The average molecular weight is 460 g/mol. The molecule has 33 heavy (non-hydrogen) atoms. The number of hydrogen-bond donors (Lipinski definition) is 0. The van der Waals surface area contributed by atoms with Crippen molar-refractivity contribution in [2.75, 3.05) is 13.1 Å². The van der Waals surface area contributed by atoms with Crippen molar-refractivity contribution >= 4 is 27.0 Å². The van der Waals surface area contributed by atoms with Crippen LogP contribution in [0.5, 0.6) is 5.75 Å². The fourth-order valence-electron chi connectivity index (χ4n) is 3.82. The van der Waals surface area contributed by atoms with Crippen molar-refractivity contribution in [1.82, 2.24) is 14.3 Å². The minimum atomic E-state index is -3.61. The summed E-state index contributed by atoms with van der Waals surface area (Å²) in [6.07, 6.45) is 3.40. The standard InChI is InChI=1S/C25H21N3O4S/c29-25(19-6-5-7-21(16-19)33(30,31)28-14-3-4-15-28)32-20-12-10-18(11-13-20)24-17-26-22-8-1-2-9-23(22)27-24/h1-2,5-13,16-17H,3-4,14-15H2. The van der Waals surface area contributed by atoms with Crippen LogP contribution < -0.4 is 4.74 Å². The van der Waals surface area contributed by atoms with E-state index < -0.39 is 16.0 Å². The lowest BCUT2D eigenvalue weighted by Crippen LogP contribution is -2.28. The van der Waals surface area contributed by atoms with Crippen molar-refractivity contribution in [3.05, 3.63) is 84.6 Å². The van der Waals surface area contributed by atoms with E-state index in [1.165, 1.54) is 16.4 Å². The monoisotopic (exact) mass is 459 g/mol. The van der Waals surface area contributed by atoms with E-state index in [2.05, 4.69) is 9.97 Å². The van der Waals surface area contributed by atoms with Gasteiger partial charge in [0.25, 0.3) is 0 Å². The van der Waals surface area contributed by atoms with Gasteiger partial charge in [-0.25, -0.2) is 18.2 Å². The Morgan fingerprint density at radius 3 is 2.36 bits per heavy atom. The molecule has 1 fully saturated rings. The van der Waals surface area contributed by atoms with Crippen LogP contribution in [0.1, 0.15) is 23.2 Å². The van der Waals surface area contributed by atoms with Crippen LogP contribution in [0, 0.1) is 0 Å². The molecule has 0 aliphatic carbocycles. The molecular weight excluding hydrogens is 438 g/mol. The first kappa shape index (κ1) is 21.2. The SMILES string of the molecule is O=C(Oc1ccc(-c2cnc3ccccc3n2)cc1)c1cccc(S(=O)(=O)N2CCCC2)c1. The van der Waals surface area contributed by atoms with E-state index in [1.807, 2.05) is 24.3 Å². The second-order valence-electron chi connectivity index (χ2n) is 7.80. The Kier molecular flexibility index (Phi) is 5.62. The number of ether oxygens (including phenoxy) is 1. The van der Waals surface area contributed by atoms with Crippen molar-refractivity contribution in [1.29, 1.82) is 0 Å². The van der Waals surface area contributed by atoms with Crippen LogP contribution in [-0.4, -0.2) is 41.7 Å². The lowest BCUT2D eigenvalue weighted by Gasteiger charge is -2.15. The molecule has 0 amide bonds. The van der Waals surface area contributed by atoms with E-state index in [0.29, 0.717) is 24.5 Å². The molecule has 0 atom stereocenters. The summed E-state index contributed by atoms with van der Waals surface area (Å²) in [5.74, 6) is -0.267. The molecule has 8 heteroatoms. The van der Waals surface area contributed by atoms with Crippen LogP contribution in [0.25, 0.3) is 22.3 Å². The molecule has 3 aromatic carbocycles. The van der Waals surface area contributed by atoms with Gasteiger partial charge in [-0.3, -0.25) is 4.98 Å². The number of hydrogen-bond acceptors (Lipinski definition) is 6. The zero-order chi connectivity index (χ0) is 22.8. The number of fused-ring (bicyclic) bond motifs is 1. The van der Waals surface area contributed by atoms with Crippen molar-refractivity contribution in [2.24, 2.45) is 0 Å². The molecule has 166 valence electrons. The van der Waals surface area contributed by atoms with Crippen LogP contribution in [-0.2, 0) is 10.0 Å². The first-order valence-electron chi connectivity index (χ1n) is 10.7. The Labute approximate surface area is 191 Å². The Morgan fingerprint density at radius 1 is 0.879 bits per heavy atom. The highest BCUT2D eigenvalue weighted by Crippen LogP contribution is 2.24. The lowest BCUT2D eigenvalue weighted by molar-refractivity contribution is 0.0734. The maximum atomic E-state index is 12.8. The maximum absolute atomic E-state index is 12.8. The van der Waals surface area contributed by atoms with Crippen molar-refractivity contribution < 1.29 is 17.9 Å². The lowest BCUT2D eigenvalue weighted by atomic mass is 10.1. The Hall–Kier alpha value is -3.62. The van der Waals surface area contributed by atoms with E-state index >= 15 is 0 Å². The van der Waals surface area contributed by atoms with Crippen LogP contribution in [0.15, 0.2) is 83.9 Å². The molecule has 0 bridgehead atoms. The van der Waals surface area contributed by atoms with Crippen LogP contribution in [0.3, 0.4) is 0 Å². The molecule has 0 N–H and O–H groups in total. The number of carbonyl (C=O) groups is 1. The quantitative estimate of drug-likeness (QED) is 0.327. The van der Waals surface area contributed by atoms with Gasteiger partial charge in [0.2, 0.25) is 10.0 Å². The zero-order valence-electron chi connectivity index (χ0n) is 17.7. The van der Waals surface area contributed by atoms with Crippen LogP contribution >= 0.6 is 0 Å². The second-order valence-corrected chi connectivity index (χ2v) is 9.73. The summed E-state index contributed by atoms with van der Waals surface area (Å²) in [4.78, 5) is 21.8. The summed E-state index contributed by atoms with van der Waals surface area (Å²) in [5, 5.41) is 0. The van der Waals surface area contributed by atoms with E-state index in [9.17, 15) is 13.2 Å². The maximum Gasteiger partial charge on any atom is 0.343 e. The summed E-state index contributed by atoms with van der Waals surface area (Å²) in [6.45, 7) is 1.01. The summed E-state index contributed by atoms with van der Waals surface area (Å²) in [6, 6.07) is 20.6. The van der Waals surface area contributed by atoms with Gasteiger partial charge in [0.05, 0.1) is 33.4 Å². The number of esters is 1. The molecule has 1 aliphatic heterocycles. The number of para-hydroxylation sites is 2. The zero-order valence-corrected chi connectivity index (χ0v) is 18.5. The highest BCUT2D eigenvalue weighted by Gasteiger charge is 2.27. The van der Waals surface area contributed by atoms with E-state index in [-0.39, 0.29) is 10.5 Å². The predicted octanol–water partition coefficient (Wildman–Crippen LogP) is 4.30.